The van der Waals surface area contributed by atoms with Crippen LogP contribution in [0, 0.1) is 0 Å². The van der Waals surface area contributed by atoms with Crippen LogP contribution in [-0.4, -0.2) is 25.1 Å². The van der Waals surface area contributed by atoms with E-state index >= 15 is 0 Å². The first-order valence-electron chi connectivity index (χ1n) is 8.35. The van der Waals surface area contributed by atoms with E-state index in [-0.39, 0.29) is 5.91 Å². The highest BCUT2D eigenvalue weighted by Gasteiger charge is 2.04. The molecule has 2 heterocycles. The molecule has 2 aromatic heterocycles. The third-order valence-electron chi connectivity index (χ3n) is 3.90. The van der Waals surface area contributed by atoms with E-state index in [1.807, 2.05) is 35.8 Å². The van der Waals surface area contributed by atoms with E-state index in [1.165, 1.54) is 6.08 Å². The highest BCUT2D eigenvalue weighted by atomic mass is 32.1. The van der Waals surface area contributed by atoms with Gasteiger partial charge in [0, 0.05) is 35.5 Å². The van der Waals surface area contributed by atoms with Gasteiger partial charge in [0.1, 0.15) is 0 Å². The lowest BCUT2D eigenvalue weighted by Crippen LogP contribution is -2.20. The summed E-state index contributed by atoms with van der Waals surface area (Å²) in [6.45, 7) is 0.418. The van der Waals surface area contributed by atoms with Crippen LogP contribution >= 0.6 is 11.3 Å². The van der Waals surface area contributed by atoms with Crippen molar-refractivity contribution in [1.29, 1.82) is 0 Å². The van der Waals surface area contributed by atoms with Crippen molar-refractivity contribution in [3.05, 3.63) is 71.4 Å². The van der Waals surface area contributed by atoms with Gasteiger partial charge in [-0.25, -0.2) is 0 Å². The molecule has 3 rings (SSSR count). The quantitative estimate of drug-likeness (QED) is 0.626. The Morgan fingerprint density at radius 3 is 2.74 bits per heavy atom. The lowest BCUT2D eigenvalue weighted by molar-refractivity contribution is -0.116. The number of ether oxygens (including phenoxy) is 2. The number of amides is 1. The molecule has 5 nitrogen and oxygen atoms in total. The van der Waals surface area contributed by atoms with Crippen molar-refractivity contribution in [2.75, 3.05) is 14.2 Å². The third kappa shape index (κ3) is 4.95. The molecule has 0 bridgehead atoms. The average molecular weight is 380 g/mol. The van der Waals surface area contributed by atoms with Gasteiger partial charge in [-0.15, -0.1) is 11.3 Å². The minimum atomic E-state index is -0.175. The SMILES string of the molecule is COc1ccc(C=CC(=O)NCc2cncc(-c3cccs3)c2)cc1OC. The molecule has 0 saturated heterocycles. The van der Waals surface area contributed by atoms with Gasteiger partial charge in [0.15, 0.2) is 11.5 Å². The molecule has 0 unspecified atom stereocenters. The number of nitrogens with one attached hydrogen (secondary N) is 1. The second kappa shape index (κ2) is 9.00. The summed E-state index contributed by atoms with van der Waals surface area (Å²) in [5.74, 6) is 1.10. The number of aromatic nitrogens is 1. The largest absolute Gasteiger partial charge is 0.493 e. The zero-order valence-corrected chi connectivity index (χ0v) is 16.0. The summed E-state index contributed by atoms with van der Waals surface area (Å²) in [4.78, 5) is 17.5. The zero-order chi connectivity index (χ0) is 19.1. The molecule has 0 fully saturated rings. The molecule has 0 saturated carbocycles. The highest BCUT2D eigenvalue weighted by Crippen LogP contribution is 2.28. The van der Waals surface area contributed by atoms with Crippen molar-refractivity contribution in [3.63, 3.8) is 0 Å². The average Bonchev–Trinajstić information content (AvgIpc) is 3.25. The van der Waals surface area contributed by atoms with Gasteiger partial charge in [-0.3, -0.25) is 9.78 Å². The van der Waals surface area contributed by atoms with Gasteiger partial charge >= 0.3 is 0 Å². The molecule has 1 amide bonds. The van der Waals surface area contributed by atoms with Crippen molar-refractivity contribution in [2.45, 2.75) is 6.54 Å². The van der Waals surface area contributed by atoms with Crippen molar-refractivity contribution in [3.8, 4) is 21.9 Å². The number of nitrogens with zero attached hydrogens (tertiary/aromatic N) is 1. The molecule has 0 aliphatic rings. The molecule has 0 spiro atoms. The summed E-state index contributed by atoms with van der Waals surface area (Å²) in [6, 6.07) is 11.6. The topological polar surface area (TPSA) is 60.5 Å². The van der Waals surface area contributed by atoms with E-state index in [0.717, 1.165) is 21.6 Å². The molecule has 0 aliphatic heterocycles. The van der Waals surface area contributed by atoms with Gasteiger partial charge in [0.2, 0.25) is 5.91 Å². The minimum absolute atomic E-state index is 0.175. The molecule has 27 heavy (non-hydrogen) atoms. The molecule has 3 aromatic rings. The predicted molar refractivity (Wildman–Crippen MR) is 108 cm³/mol. The van der Waals surface area contributed by atoms with Crippen LogP contribution in [0.4, 0.5) is 0 Å². The fourth-order valence-corrected chi connectivity index (χ4v) is 3.25. The van der Waals surface area contributed by atoms with E-state index in [9.17, 15) is 4.79 Å². The van der Waals surface area contributed by atoms with E-state index in [4.69, 9.17) is 9.47 Å². The second-order valence-electron chi connectivity index (χ2n) is 5.72. The van der Waals surface area contributed by atoms with Gasteiger partial charge in [-0.05, 0) is 46.8 Å². The van der Waals surface area contributed by atoms with Crippen LogP contribution in [0.25, 0.3) is 16.5 Å². The Bertz CT molecular complexity index is 936. The molecular weight excluding hydrogens is 360 g/mol. The van der Waals surface area contributed by atoms with Gasteiger partial charge in [0.25, 0.3) is 0 Å². The Morgan fingerprint density at radius 2 is 2.00 bits per heavy atom. The first-order chi connectivity index (χ1) is 13.2. The van der Waals surface area contributed by atoms with Crippen LogP contribution in [-0.2, 0) is 11.3 Å². The van der Waals surface area contributed by atoms with E-state index in [1.54, 1.807) is 43.9 Å². The number of methoxy groups -OCH3 is 2. The molecule has 0 aliphatic carbocycles. The summed E-state index contributed by atoms with van der Waals surface area (Å²) >= 11 is 1.66. The molecule has 1 N–H and O–H groups in total. The number of pyridine rings is 1. The van der Waals surface area contributed by atoms with Crippen molar-refractivity contribution in [2.24, 2.45) is 0 Å². The van der Waals surface area contributed by atoms with Crippen molar-refractivity contribution < 1.29 is 14.3 Å². The number of benzene rings is 1. The van der Waals surface area contributed by atoms with E-state index in [2.05, 4.69) is 16.4 Å². The van der Waals surface area contributed by atoms with Crippen LogP contribution in [0.15, 0.2) is 60.2 Å². The Kier molecular flexibility index (Phi) is 6.22. The molecule has 138 valence electrons. The number of carbonyl (C=O) groups is 1. The molecular formula is C21H20N2O3S. The molecule has 0 radical (unpaired) electrons. The lowest BCUT2D eigenvalue weighted by Gasteiger charge is -2.07. The normalized spacial score (nSPS) is 10.7. The van der Waals surface area contributed by atoms with Crippen LogP contribution in [0.3, 0.4) is 0 Å². The van der Waals surface area contributed by atoms with Gasteiger partial charge in [-0.2, -0.15) is 0 Å². The van der Waals surface area contributed by atoms with Gasteiger partial charge in [-0.1, -0.05) is 12.1 Å². The maximum atomic E-state index is 12.1. The third-order valence-corrected chi connectivity index (χ3v) is 4.82. The minimum Gasteiger partial charge on any atom is -0.493 e. The van der Waals surface area contributed by atoms with Gasteiger partial charge < -0.3 is 14.8 Å². The first kappa shape index (κ1) is 18.7. The molecule has 0 atom stereocenters. The van der Waals surface area contributed by atoms with Gasteiger partial charge in [0.05, 0.1) is 14.2 Å². The number of carbonyl (C=O) groups excluding carboxylic acids is 1. The Hall–Kier alpha value is -3.12. The van der Waals surface area contributed by atoms with Crippen LogP contribution in [0.5, 0.6) is 11.5 Å². The Morgan fingerprint density at radius 1 is 1.15 bits per heavy atom. The molecule has 6 heteroatoms. The van der Waals surface area contributed by atoms with Crippen LogP contribution in [0.2, 0.25) is 0 Å². The Labute approximate surface area is 162 Å². The second-order valence-corrected chi connectivity index (χ2v) is 6.67. The summed E-state index contributed by atoms with van der Waals surface area (Å²) in [6.07, 6.45) is 6.82. The van der Waals surface area contributed by atoms with Crippen LogP contribution < -0.4 is 14.8 Å². The van der Waals surface area contributed by atoms with Crippen molar-refractivity contribution in [1.82, 2.24) is 10.3 Å². The predicted octanol–water partition coefficient (Wildman–Crippen LogP) is 4.16. The lowest BCUT2D eigenvalue weighted by atomic mass is 10.1. The van der Waals surface area contributed by atoms with Crippen molar-refractivity contribution >= 4 is 23.3 Å². The Balaban J connectivity index is 1.60. The smallest absolute Gasteiger partial charge is 0.244 e. The standard InChI is InChI=1S/C21H20N2O3S/c1-25-18-7-5-15(11-19(18)26-2)6-8-21(24)23-13-16-10-17(14-22-12-16)20-4-3-9-27-20/h3-12,14H,13H2,1-2H3,(H,23,24). The van der Waals surface area contributed by atoms with E-state index in [0.29, 0.717) is 18.0 Å². The maximum Gasteiger partial charge on any atom is 0.244 e. The zero-order valence-electron chi connectivity index (χ0n) is 15.1. The fourth-order valence-electron chi connectivity index (χ4n) is 2.54. The van der Waals surface area contributed by atoms with Crippen LogP contribution in [0.1, 0.15) is 11.1 Å². The fraction of sp³-hybridized carbons (Fsp3) is 0.143. The summed E-state index contributed by atoms with van der Waals surface area (Å²) in [5, 5.41) is 4.91. The summed E-state index contributed by atoms with van der Waals surface area (Å²) in [7, 11) is 3.17. The summed E-state index contributed by atoms with van der Waals surface area (Å²) in [5.41, 5.74) is 2.86. The monoisotopic (exact) mass is 380 g/mol. The highest BCUT2D eigenvalue weighted by molar-refractivity contribution is 7.13. The maximum absolute atomic E-state index is 12.1. The molecule has 1 aromatic carbocycles. The van der Waals surface area contributed by atoms with E-state index < -0.39 is 0 Å². The summed E-state index contributed by atoms with van der Waals surface area (Å²) < 4.78 is 10.5. The number of thiophene rings is 1. The number of hydrogen-bond donors (Lipinski definition) is 1. The number of hydrogen-bond acceptors (Lipinski definition) is 5. The first-order valence-corrected chi connectivity index (χ1v) is 9.23. The number of rotatable bonds is 7.